The molecule has 2 bridgehead atoms. The van der Waals surface area contributed by atoms with Gasteiger partial charge in [0.15, 0.2) is 0 Å². The van der Waals surface area contributed by atoms with Crippen LogP contribution in [0.25, 0.3) is 0 Å². The molecule has 0 aromatic carbocycles. The summed E-state index contributed by atoms with van der Waals surface area (Å²) in [5.74, 6) is 1.77. The summed E-state index contributed by atoms with van der Waals surface area (Å²) in [7, 11) is 0. The Kier molecular flexibility index (Phi) is 3.48. The fourth-order valence-corrected chi connectivity index (χ4v) is 3.19. The largest absolute Gasteiger partial charge is 0.353 e. The second kappa shape index (κ2) is 4.60. The molecule has 0 aliphatic heterocycles. The Morgan fingerprint density at radius 3 is 2.53 bits per heavy atom. The van der Waals surface area contributed by atoms with Gasteiger partial charge in [0.25, 0.3) is 0 Å². The van der Waals surface area contributed by atoms with Crippen molar-refractivity contribution in [1.82, 2.24) is 5.32 Å². The zero-order valence-electron chi connectivity index (χ0n) is 11.3. The highest BCUT2D eigenvalue weighted by Crippen LogP contribution is 2.44. The molecule has 2 aliphatic carbocycles. The summed E-state index contributed by atoms with van der Waals surface area (Å²) in [4.78, 5) is 11.9. The van der Waals surface area contributed by atoms with Gasteiger partial charge in [-0.25, -0.2) is 0 Å². The Labute approximate surface area is 105 Å². The van der Waals surface area contributed by atoms with Gasteiger partial charge in [-0.15, -0.1) is 0 Å². The lowest BCUT2D eigenvalue weighted by molar-refractivity contribution is -0.123. The van der Waals surface area contributed by atoms with Gasteiger partial charge in [-0.3, -0.25) is 4.79 Å². The van der Waals surface area contributed by atoms with Gasteiger partial charge in [0.05, 0.1) is 0 Å². The molecule has 2 fully saturated rings. The third-order valence-corrected chi connectivity index (χ3v) is 4.60. The summed E-state index contributed by atoms with van der Waals surface area (Å²) >= 11 is 0. The van der Waals surface area contributed by atoms with Crippen LogP contribution < -0.4 is 11.1 Å². The molecule has 2 saturated carbocycles. The normalized spacial score (nSPS) is 33.8. The standard InChI is InChI=1S/C14H26N2O/c1-14(2,3)12(15)8-13(17)16-11-7-9-4-5-10(11)6-9/h9-12H,4-8,15H2,1-3H3,(H,16,17). The molecule has 2 aliphatic rings. The predicted molar refractivity (Wildman–Crippen MR) is 69.4 cm³/mol. The van der Waals surface area contributed by atoms with Crippen LogP contribution in [0.15, 0.2) is 0 Å². The molecule has 3 heteroatoms. The van der Waals surface area contributed by atoms with Gasteiger partial charge in [-0.1, -0.05) is 27.2 Å². The lowest BCUT2D eigenvalue weighted by Crippen LogP contribution is -2.44. The maximum absolute atomic E-state index is 11.9. The van der Waals surface area contributed by atoms with Crippen LogP contribution in [-0.2, 0) is 4.79 Å². The summed E-state index contributed by atoms with van der Waals surface area (Å²) < 4.78 is 0. The maximum Gasteiger partial charge on any atom is 0.221 e. The van der Waals surface area contributed by atoms with E-state index in [1.807, 2.05) is 0 Å². The SMILES string of the molecule is CC(C)(C)C(N)CC(=O)NC1CC2CCC1C2. The number of amides is 1. The van der Waals surface area contributed by atoms with Crippen molar-refractivity contribution in [3.8, 4) is 0 Å². The molecule has 2 rings (SSSR count). The van der Waals surface area contributed by atoms with Crippen molar-refractivity contribution in [2.45, 2.75) is 65.0 Å². The number of carbonyl (C=O) groups excluding carboxylic acids is 1. The van der Waals surface area contributed by atoms with Crippen molar-refractivity contribution in [1.29, 1.82) is 0 Å². The Bertz CT molecular complexity index is 295. The van der Waals surface area contributed by atoms with Crippen LogP contribution in [0.2, 0.25) is 0 Å². The van der Waals surface area contributed by atoms with E-state index in [1.165, 1.54) is 25.7 Å². The third-order valence-electron chi connectivity index (χ3n) is 4.60. The highest BCUT2D eigenvalue weighted by Gasteiger charge is 2.40. The van der Waals surface area contributed by atoms with E-state index in [0.29, 0.717) is 12.5 Å². The lowest BCUT2D eigenvalue weighted by Gasteiger charge is -2.28. The molecular weight excluding hydrogens is 212 g/mol. The van der Waals surface area contributed by atoms with Crippen molar-refractivity contribution in [2.75, 3.05) is 0 Å². The molecule has 4 atom stereocenters. The first-order chi connectivity index (χ1) is 7.86. The van der Waals surface area contributed by atoms with Gasteiger partial charge in [0, 0.05) is 18.5 Å². The minimum Gasteiger partial charge on any atom is -0.353 e. The smallest absolute Gasteiger partial charge is 0.221 e. The average molecular weight is 238 g/mol. The Hall–Kier alpha value is -0.570. The molecule has 0 heterocycles. The van der Waals surface area contributed by atoms with E-state index < -0.39 is 0 Å². The molecule has 0 spiro atoms. The Morgan fingerprint density at radius 2 is 2.06 bits per heavy atom. The maximum atomic E-state index is 11.9. The number of carbonyl (C=O) groups is 1. The van der Waals surface area contributed by atoms with Crippen LogP contribution in [0.1, 0.15) is 52.9 Å². The van der Waals surface area contributed by atoms with Crippen LogP contribution in [0.3, 0.4) is 0 Å². The van der Waals surface area contributed by atoms with E-state index in [1.54, 1.807) is 0 Å². The van der Waals surface area contributed by atoms with Crippen LogP contribution in [0.4, 0.5) is 0 Å². The fraction of sp³-hybridized carbons (Fsp3) is 0.929. The van der Waals surface area contributed by atoms with Crippen molar-refractivity contribution in [3.05, 3.63) is 0 Å². The minimum atomic E-state index is -0.0545. The average Bonchev–Trinajstić information content (AvgIpc) is 2.77. The second-order valence-corrected chi connectivity index (χ2v) is 7.03. The Balaban J connectivity index is 1.78. The quantitative estimate of drug-likeness (QED) is 0.790. The van der Waals surface area contributed by atoms with Crippen molar-refractivity contribution >= 4 is 5.91 Å². The van der Waals surface area contributed by atoms with E-state index in [2.05, 4.69) is 26.1 Å². The van der Waals surface area contributed by atoms with Gasteiger partial charge in [-0.2, -0.15) is 0 Å². The minimum absolute atomic E-state index is 0.00597. The molecule has 1 amide bonds. The van der Waals surface area contributed by atoms with Crippen molar-refractivity contribution < 1.29 is 4.79 Å². The number of nitrogens with one attached hydrogen (secondary N) is 1. The van der Waals surface area contributed by atoms with E-state index in [4.69, 9.17) is 5.73 Å². The third kappa shape index (κ3) is 3.01. The van der Waals surface area contributed by atoms with E-state index in [9.17, 15) is 4.79 Å². The zero-order valence-corrected chi connectivity index (χ0v) is 11.3. The number of nitrogens with two attached hydrogens (primary N) is 1. The first-order valence-electron chi connectivity index (χ1n) is 6.91. The molecular formula is C14H26N2O. The van der Waals surface area contributed by atoms with Crippen molar-refractivity contribution in [3.63, 3.8) is 0 Å². The molecule has 3 nitrogen and oxygen atoms in total. The zero-order chi connectivity index (χ0) is 12.6. The summed E-state index contributed by atoms with van der Waals surface area (Å²) in [6, 6.07) is 0.384. The highest BCUT2D eigenvalue weighted by atomic mass is 16.1. The van der Waals surface area contributed by atoms with Crippen LogP contribution in [-0.4, -0.2) is 18.0 Å². The molecule has 0 radical (unpaired) electrons. The predicted octanol–water partition coefficient (Wildman–Crippen LogP) is 2.05. The van der Waals surface area contributed by atoms with Crippen LogP contribution >= 0.6 is 0 Å². The van der Waals surface area contributed by atoms with E-state index >= 15 is 0 Å². The van der Waals surface area contributed by atoms with E-state index in [-0.39, 0.29) is 17.4 Å². The Morgan fingerprint density at radius 1 is 1.35 bits per heavy atom. The first kappa shape index (κ1) is 12.9. The van der Waals surface area contributed by atoms with Crippen LogP contribution in [0, 0.1) is 17.3 Å². The molecule has 17 heavy (non-hydrogen) atoms. The molecule has 3 N–H and O–H groups in total. The summed E-state index contributed by atoms with van der Waals surface area (Å²) in [5, 5.41) is 3.19. The second-order valence-electron chi connectivity index (χ2n) is 7.03. The number of fused-ring (bicyclic) bond motifs is 2. The molecule has 0 aromatic rings. The number of hydrogen-bond donors (Lipinski definition) is 2. The summed E-state index contributed by atoms with van der Waals surface area (Å²) in [6.45, 7) is 6.26. The van der Waals surface area contributed by atoms with Gasteiger partial charge in [0.2, 0.25) is 5.91 Å². The first-order valence-corrected chi connectivity index (χ1v) is 6.91. The number of hydrogen-bond acceptors (Lipinski definition) is 2. The van der Waals surface area contributed by atoms with Crippen LogP contribution in [0.5, 0.6) is 0 Å². The van der Waals surface area contributed by atoms with Crippen molar-refractivity contribution in [2.24, 2.45) is 23.0 Å². The monoisotopic (exact) mass is 238 g/mol. The molecule has 4 unspecified atom stereocenters. The summed E-state index contributed by atoms with van der Waals surface area (Å²) in [6.07, 6.45) is 5.66. The fourth-order valence-electron chi connectivity index (χ4n) is 3.19. The highest BCUT2D eigenvalue weighted by molar-refractivity contribution is 5.77. The lowest BCUT2D eigenvalue weighted by atomic mass is 9.85. The number of rotatable bonds is 3. The van der Waals surface area contributed by atoms with Gasteiger partial charge < -0.3 is 11.1 Å². The molecule has 98 valence electrons. The van der Waals surface area contributed by atoms with E-state index in [0.717, 1.165) is 11.8 Å². The van der Waals surface area contributed by atoms with Gasteiger partial charge in [0.1, 0.15) is 0 Å². The van der Waals surface area contributed by atoms with Gasteiger partial charge >= 0.3 is 0 Å². The molecule has 0 aromatic heterocycles. The van der Waals surface area contributed by atoms with Gasteiger partial charge in [-0.05, 0) is 36.5 Å². The molecule has 0 saturated heterocycles. The topological polar surface area (TPSA) is 55.1 Å². The summed E-state index contributed by atoms with van der Waals surface area (Å²) in [5.41, 5.74) is 6.05.